The molecular weight excluding hydrogens is 301 g/mol. The predicted molar refractivity (Wildman–Crippen MR) is 79.8 cm³/mol. The number of nitrogens with one attached hydrogen (secondary N) is 1. The number of benzene rings is 1. The van der Waals surface area contributed by atoms with Gasteiger partial charge in [-0.1, -0.05) is 36.2 Å². The number of nitrogens with two attached hydrogens (primary N) is 1. The van der Waals surface area contributed by atoms with E-state index in [1.807, 2.05) is 6.92 Å². The van der Waals surface area contributed by atoms with Crippen molar-refractivity contribution in [2.24, 2.45) is 0 Å². The molecule has 8 heteroatoms. The number of hydrogen-bond acceptors (Lipinski definition) is 6. The van der Waals surface area contributed by atoms with E-state index in [-0.39, 0.29) is 17.9 Å². The summed E-state index contributed by atoms with van der Waals surface area (Å²) in [5.41, 5.74) is 6.19. The first-order chi connectivity index (χ1) is 9.60. The zero-order valence-corrected chi connectivity index (χ0v) is 12.2. The van der Waals surface area contributed by atoms with Crippen LogP contribution in [-0.2, 0) is 0 Å². The molecule has 2 aromatic rings. The van der Waals surface area contributed by atoms with Crippen LogP contribution in [0.25, 0.3) is 0 Å². The summed E-state index contributed by atoms with van der Waals surface area (Å²) in [6, 6.07) is 5.36. The Hall–Kier alpha value is -1.79. The monoisotopic (exact) mass is 313 g/mol. The van der Waals surface area contributed by atoms with Crippen LogP contribution in [-0.4, -0.2) is 21.6 Å². The number of rotatable bonds is 5. The highest BCUT2D eigenvalue weighted by atomic mass is 35.5. The lowest BCUT2D eigenvalue weighted by Gasteiger charge is -2.09. The standard InChI is InChI=1S/C12H13Cl2N5O/c1-2-6-20-12-18-10(15)17-11(19-12)16-8-5-3-4-7(13)9(8)14/h3-5H,2,6H2,1H3,(H3,15,16,17,18,19). The van der Waals surface area contributed by atoms with Crippen molar-refractivity contribution in [3.63, 3.8) is 0 Å². The minimum Gasteiger partial charge on any atom is -0.463 e. The Kier molecular flexibility index (Phi) is 4.81. The SMILES string of the molecule is CCCOc1nc(N)nc(Nc2cccc(Cl)c2Cl)n1. The topological polar surface area (TPSA) is 86.0 Å². The van der Waals surface area contributed by atoms with Crippen LogP contribution >= 0.6 is 23.2 Å². The van der Waals surface area contributed by atoms with Crippen molar-refractivity contribution in [1.29, 1.82) is 0 Å². The van der Waals surface area contributed by atoms with Crippen LogP contribution in [0.5, 0.6) is 6.01 Å². The molecule has 20 heavy (non-hydrogen) atoms. The molecule has 0 bridgehead atoms. The Morgan fingerprint density at radius 1 is 1.25 bits per heavy atom. The smallest absolute Gasteiger partial charge is 0.323 e. The number of aromatic nitrogens is 3. The second-order valence-corrected chi connectivity index (χ2v) is 4.66. The molecule has 1 aromatic heterocycles. The minimum absolute atomic E-state index is 0.0618. The summed E-state index contributed by atoms with van der Waals surface area (Å²) in [6.45, 7) is 2.48. The van der Waals surface area contributed by atoms with Gasteiger partial charge in [-0.2, -0.15) is 15.0 Å². The highest BCUT2D eigenvalue weighted by Gasteiger charge is 2.09. The summed E-state index contributed by atoms with van der Waals surface area (Å²) < 4.78 is 5.33. The van der Waals surface area contributed by atoms with Crippen LogP contribution in [0.1, 0.15) is 13.3 Å². The Balaban J connectivity index is 2.24. The molecule has 0 saturated heterocycles. The van der Waals surface area contributed by atoms with Crippen LogP contribution in [0.15, 0.2) is 18.2 Å². The fourth-order valence-electron chi connectivity index (χ4n) is 1.41. The largest absolute Gasteiger partial charge is 0.463 e. The molecule has 6 nitrogen and oxygen atoms in total. The van der Waals surface area contributed by atoms with Gasteiger partial charge in [0.05, 0.1) is 22.3 Å². The minimum atomic E-state index is 0.0618. The van der Waals surface area contributed by atoms with Crippen molar-refractivity contribution in [1.82, 2.24) is 15.0 Å². The molecule has 0 aliphatic heterocycles. The third-order valence-corrected chi connectivity index (χ3v) is 3.08. The van der Waals surface area contributed by atoms with E-state index in [1.54, 1.807) is 18.2 Å². The summed E-state index contributed by atoms with van der Waals surface area (Å²) >= 11 is 12.0. The average molecular weight is 314 g/mol. The first-order valence-electron chi connectivity index (χ1n) is 5.95. The van der Waals surface area contributed by atoms with Gasteiger partial charge in [0.2, 0.25) is 11.9 Å². The molecule has 1 heterocycles. The Morgan fingerprint density at radius 3 is 2.80 bits per heavy atom. The Morgan fingerprint density at radius 2 is 2.05 bits per heavy atom. The maximum Gasteiger partial charge on any atom is 0.323 e. The van der Waals surface area contributed by atoms with Crippen molar-refractivity contribution in [2.45, 2.75) is 13.3 Å². The zero-order chi connectivity index (χ0) is 14.5. The van der Waals surface area contributed by atoms with Crippen molar-refractivity contribution in [3.8, 4) is 6.01 Å². The molecule has 0 atom stereocenters. The number of hydrogen-bond donors (Lipinski definition) is 2. The molecule has 0 aliphatic rings. The molecule has 0 unspecified atom stereocenters. The number of nitrogen functional groups attached to an aromatic ring is 1. The summed E-state index contributed by atoms with van der Waals surface area (Å²) in [6.07, 6.45) is 0.842. The van der Waals surface area contributed by atoms with E-state index >= 15 is 0 Å². The highest BCUT2D eigenvalue weighted by molar-refractivity contribution is 6.43. The molecule has 106 valence electrons. The van der Waals surface area contributed by atoms with Crippen molar-refractivity contribution >= 4 is 40.8 Å². The number of nitrogens with zero attached hydrogens (tertiary/aromatic N) is 3. The summed E-state index contributed by atoms with van der Waals surface area (Å²) in [7, 11) is 0. The predicted octanol–water partition coefficient (Wildman–Crippen LogP) is 3.29. The normalized spacial score (nSPS) is 10.3. The van der Waals surface area contributed by atoms with Gasteiger partial charge in [0.15, 0.2) is 0 Å². The third kappa shape index (κ3) is 3.61. The van der Waals surface area contributed by atoms with Crippen molar-refractivity contribution in [2.75, 3.05) is 17.7 Å². The van der Waals surface area contributed by atoms with E-state index < -0.39 is 0 Å². The highest BCUT2D eigenvalue weighted by Crippen LogP contribution is 2.31. The quantitative estimate of drug-likeness (QED) is 0.880. The zero-order valence-electron chi connectivity index (χ0n) is 10.7. The molecule has 2 rings (SSSR count). The van der Waals surface area contributed by atoms with Gasteiger partial charge in [0, 0.05) is 0 Å². The fraction of sp³-hybridized carbons (Fsp3) is 0.250. The fourth-order valence-corrected chi connectivity index (χ4v) is 1.75. The van der Waals surface area contributed by atoms with Gasteiger partial charge in [-0.25, -0.2) is 0 Å². The van der Waals surface area contributed by atoms with Crippen molar-refractivity contribution in [3.05, 3.63) is 28.2 Å². The van der Waals surface area contributed by atoms with Gasteiger partial charge >= 0.3 is 6.01 Å². The van der Waals surface area contributed by atoms with Gasteiger partial charge in [-0.15, -0.1) is 0 Å². The summed E-state index contributed by atoms with van der Waals surface area (Å²) in [4.78, 5) is 12.0. The van der Waals surface area contributed by atoms with E-state index in [2.05, 4.69) is 20.3 Å². The van der Waals surface area contributed by atoms with Gasteiger partial charge in [-0.3, -0.25) is 0 Å². The van der Waals surface area contributed by atoms with Crippen molar-refractivity contribution < 1.29 is 4.74 Å². The molecule has 0 aliphatic carbocycles. The molecular formula is C12H13Cl2N5O. The van der Waals surface area contributed by atoms with E-state index in [4.69, 9.17) is 33.7 Å². The molecule has 1 aromatic carbocycles. The summed E-state index contributed by atoms with van der Waals surface area (Å²) in [5.74, 6) is 0.305. The molecule has 0 amide bonds. The van der Waals surface area contributed by atoms with E-state index in [1.165, 1.54) is 0 Å². The van der Waals surface area contributed by atoms with E-state index in [0.29, 0.717) is 22.3 Å². The third-order valence-electron chi connectivity index (χ3n) is 2.27. The van der Waals surface area contributed by atoms with Crippen LogP contribution in [0, 0.1) is 0 Å². The van der Waals surface area contributed by atoms with Crippen LogP contribution < -0.4 is 15.8 Å². The van der Waals surface area contributed by atoms with E-state index in [0.717, 1.165) is 6.42 Å². The Bertz CT molecular complexity index is 608. The maximum atomic E-state index is 6.08. The number of ether oxygens (including phenoxy) is 1. The van der Waals surface area contributed by atoms with Gasteiger partial charge in [0.25, 0.3) is 0 Å². The lowest BCUT2D eigenvalue weighted by Crippen LogP contribution is -2.07. The number of halogens is 2. The molecule has 0 spiro atoms. The molecule has 0 radical (unpaired) electrons. The van der Waals surface area contributed by atoms with Crippen LogP contribution in [0.2, 0.25) is 10.0 Å². The average Bonchev–Trinajstić information content (AvgIpc) is 2.41. The second kappa shape index (κ2) is 6.58. The van der Waals surface area contributed by atoms with Gasteiger partial charge in [0.1, 0.15) is 0 Å². The first kappa shape index (κ1) is 14.6. The van der Waals surface area contributed by atoms with Crippen LogP contribution in [0.4, 0.5) is 17.6 Å². The van der Waals surface area contributed by atoms with Gasteiger partial charge < -0.3 is 15.8 Å². The second-order valence-electron chi connectivity index (χ2n) is 3.87. The molecule has 0 saturated carbocycles. The maximum absolute atomic E-state index is 6.08. The van der Waals surface area contributed by atoms with E-state index in [9.17, 15) is 0 Å². The molecule has 3 N–H and O–H groups in total. The van der Waals surface area contributed by atoms with Gasteiger partial charge in [-0.05, 0) is 18.6 Å². The first-order valence-corrected chi connectivity index (χ1v) is 6.71. The molecule has 0 fully saturated rings. The van der Waals surface area contributed by atoms with Crippen LogP contribution in [0.3, 0.4) is 0 Å². The number of anilines is 3. The lowest BCUT2D eigenvalue weighted by atomic mass is 10.3. The lowest BCUT2D eigenvalue weighted by molar-refractivity contribution is 0.292. The Labute approximate surface area is 126 Å². The summed E-state index contributed by atoms with van der Waals surface area (Å²) in [5, 5.41) is 3.74.